The Kier molecular flexibility index (Phi) is 5.57. The third kappa shape index (κ3) is 4.20. The van der Waals surface area contributed by atoms with E-state index in [9.17, 15) is 14.4 Å². The highest BCUT2D eigenvalue weighted by atomic mass is 16.5. The molecule has 2 atom stereocenters. The summed E-state index contributed by atoms with van der Waals surface area (Å²) in [7, 11) is 1.54. The number of H-pyrrole nitrogens is 1. The second-order valence-corrected chi connectivity index (χ2v) is 7.34. The van der Waals surface area contributed by atoms with E-state index in [4.69, 9.17) is 4.74 Å². The van der Waals surface area contributed by atoms with Crippen LogP contribution in [0.15, 0.2) is 48.5 Å². The summed E-state index contributed by atoms with van der Waals surface area (Å²) < 4.78 is 5.10. The lowest BCUT2D eigenvalue weighted by molar-refractivity contribution is -0.122. The minimum atomic E-state index is -0.748. The van der Waals surface area contributed by atoms with E-state index in [0.29, 0.717) is 17.3 Å². The number of imide groups is 1. The molecule has 1 aliphatic rings. The summed E-state index contributed by atoms with van der Waals surface area (Å²) >= 11 is 0. The van der Waals surface area contributed by atoms with Crippen molar-refractivity contribution in [1.29, 1.82) is 0 Å². The summed E-state index contributed by atoms with van der Waals surface area (Å²) in [6.07, 6.45) is 0.299. The van der Waals surface area contributed by atoms with Gasteiger partial charge in [0.15, 0.2) is 0 Å². The minimum absolute atomic E-state index is 0.0949. The Morgan fingerprint density at radius 1 is 1.19 bits per heavy atom. The number of rotatable bonds is 7. The molecule has 0 unspecified atom stereocenters. The maximum Gasteiger partial charge on any atom is 0.329 e. The first-order valence-corrected chi connectivity index (χ1v) is 9.99. The van der Waals surface area contributed by atoms with E-state index in [2.05, 4.69) is 20.6 Å². The van der Waals surface area contributed by atoms with E-state index in [1.54, 1.807) is 31.4 Å². The van der Waals surface area contributed by atoms with Gasteiger partial charge in [0.1, 0.15) is 17.6 Å². The van der Waals surface area contributed by atoms with E-state index in [-0.39, 0.29) is 30.7 Å². The molecule has 4 rings (SSSR count). The van der Waals surface area contributed by atoms with Gasteiger partial charge in [0.2, 0.25) is 5.91 Å². The average Bonchev–Trinajstić information content (AvgIpc) is 3.33. The van der Waals surface area contributed by atoms with Crippen LogP contribution in [0.5, 0.6) is 5.75 Å². The fourth-order valence-corrected chi connectivity index (χ4v) is 3.54. The number of ether oxygens (including phenoxy) is 1. The molecule has 2 heterocycles. The van der Waals surface area contributed by atoms with Gasteiger partial charge in [-0.2, -0.15) is 0 Å². The summed E-state index contributed by atoms with van der Waals surface area (Å²) in [6, 6.07) is 12.7. The number of carbonyl (C=O) groups excluding carboxylic acids is 3. The zero-order valence-electron chi connectivity index (χ0n) is 17.2. The van der Waals surface area contributed by atoms with Gasteiger partial charge in [-0.1, -0.05) is 12.1 Å². The lowest BCUT2D eigenvalue weighted by atomic mass is 10.1. The number of nitrogens with zero attached hydrogens (tertiary/aromatic N) is 2. The van der Waals surface area contributed by atoms with Crippen molar-refractivity contribution in [3.05, 3.63) is 54.4 Å². The van der Waals surface area contributed by atoms with Crippen LogP contribution in [0.3, 0.4) is 0 Å². The number of carbonyl (C=O) groups is 3. The maximum absolute atomic E-state index is 12.7. The predicted octanol–water partition coefficient (Wildman–Crippen LogP) is 2.65. The Balaban J connectivity index is 1.33. The van der Waals surface area contributed by atoms with Crippen molar-refractivity contribution in [2.45, 2.75) is 31.8 Å². The summed E-state index contributed by atoms with van der Waals surface area (Å²) in [5.74, 6) is 0.680. The first-order chi connectivity index (χ1) is 15.0. The monoisotopic (exact) mass is 421 g/mol. The Bertz CT molecular complexity index is 1090. The topological polar surface area (TPSA) is 116 Å². The van der Waals surface area contributed by atoms with E-state index in [1.165, 1.54) is 0 Å². The van der Waals surface area contributed by atoms with Gasteiger partial charge in [-0.25, -0.2) is 14.7 Å². The second kappa shape index (κ2) is 8.47. The Labute approximate surface area is 178 Å². The molecule has 0 radical (unpaired) electrons. The number of imidazole rings is 1. The molecule has 3 aromatic rings. The van der Waals surface area contributed by atoms with Crippen molar-refractivity contribution in [3.63, 3.8) is 0 Å². The molecular weight excluding hydrogens is 398 g/mol. The summed E-state index contributed by atoms with van der Waals surface area (Å²) in [5, 5.41) is 5.53. The van der Waals surface area contributed by atoms with E-state index in [0.717, 1.165) is 15.9 Å². The molecule has 1 aromatic heterocycles. The second-order valence-electron chi connectivity index (χ2n) is 7.34. The smallest absolute Gasteiger partial charge is 0.329 e. The number of aromatic nitrogens is 2. The molecular formula is C22H23N5O4. The highest BCUT2D eigenvalue weighted by molar-refractivity contribution is 6.21. The predicted molar refractivity (Wildman–Crippen MR) is 115 cm³/mol. The molecule has 0 spiro atoms. The number of hydrogen-bond donors (Lipinski definition) is 3. The van der Waals surface area contributed by atoms with Crippen molar-refractivity contribution >= 4 is 34.6 Å². The molecule has 1 aliphatic heterocycles. The first-order valence-electron chi connectivity index (χ1n) is 9.99. The molecule has 9 nitrogen and oxygen atoms in total. The van der Waals surface area contributed by atoms with Gasteiger partial charge in [0, 0.05) is 6.42 Å². The number of aromatic amines is 1. The number of amides is 4. The molecule has 31 heavy (non-hydrogen) atoms. The molecule has 160 valence electrons. The van der Waals surface area contributed by atoms with Gasteiger partial charge in [-0.3, -0.25) is 9.59 Å². The van der Waals surface area contributed by atoms with Crippen molar-refractivity contribution in [2.24, 2.45) is 0 Å². The molecule has 2 aromatic carbocycles. The van der Waals surface area contributed by atoms with Crippen molar-refractivity contribution in [2.75, 3.05) is 12.0 Å². The van der Waals surface area contributed by atoms with Crippen LogP contribution in [-0.4, -0.2) is 41.0 Å². The van der Waals surface area contributed by atoms with Crippen molar-refractivity contribution < 1.29 is 19.1 Å². The van der Waals surface area contributed by atoms with Crippen LogP contribution >= 0.6 is 0 Å². The fraction of sp³-hybridized carbons (Fsp3) is 0.273. The Morgan fingerprint density at radius 3 is 2.65 bits per heavy atom. The van der Waals surface area contributed by atoms with Crippen molar-refractivity contribution in [1.82, 2.24) is 20.6 Å². The van der Waals surface area contributed by atoms with Gasteiger partial charge in [-0.15, -0.1) is 0 Å². The number of para-hydroxylation sites is 2. The number of fused-ring (bicyclic) bond motifs is 1. The summed E-state index contributed by atoms with van der Waals surface area (Å²) in [6.45, 7) is 1.84. The largest absolute Gasteiger partial charge is 0.497 e. The number of anilines is 1. The van der Waals surface area contributed by atoms with Crippen LogP contribution < -0.4 is 20.3 Å². The van der Waals surface area contributed by atoms with Crippen LogP contribution in [0.2, 0.25) is 0 Å². The van der Waals surface area contributed by atoms with Crippen molar-refractivity contribution in [3.8, 4) is 5.75 Å². The standard InChI is InChI=1S/C22H23N5O4/c1-13(20-24-16-5-3-4-6-17(16)25-20)23-19(28)12-11-18-21(29)27(22(30)26-18)14-7-9-15(31-2)10-8-14/h3-10,13,18H,11-12H2,1-2H3,(H,23,28)(H,24,25)(H,26,30)/t13-,18-/m0/s1. The lowest BCUT2D eigenvalue weighted by Gasteiger charge is -2.14. The molecule has 0 aliphatic carbocycles. The van der Waals surface area contributed by atoms with Crippen LogP contribution in [0.25, 0.3) is 11.0 Å². The molecule has 0 bridgehead atoms. The SMILES string of the molecule is COc1ccc(N2C(=O)N[C@@H](CCC(=O)N[C@@H](C)c3nc4ccccc4[nH]3)C2=O)cc1. The van der Waals surface area contributed by atoms with Gasteiger partial charge in [0.25, 0.3) is 5.91 Å². The number of nitrogens with one attached hydrogen (secondary N) is 3. The molecule has 1 saturated heterocycles. The number of benzene rings is 2. The average molecular weight is 421 g/mol. The molecule has 9 heteroatoms. The number of urea groups is 1. The first kappa shape index (κ1) is 20.4. The zero-order chi connectivity index (χ0) is 22.0. The van der Waals surface area contributed by atoms with Crippen LogP contribution in [-0.2, 0) is 9.59 Å². The maximum atomic E-state index is 12.7. The fourth-order valence-electron chi connectivity index (χ4n) is 3.54. The van der Waals surface area contributed by atoms with Crippen LogP contribution in [0.1, 0.15) is 31.6 Å². The normalized spacial score (nSPS) is 17.0. The van der Waals surface area contributed by atoms with Gasteiger partial charge < -0.3 is 20.4 Å². The number of methoxy groups -OCH3 is 1. The minimum Gasteiger partial charge on any atom is -0.497 e. The van der Waals surface area contributed by atoms with E-state index < -0.39 is 12.1 Å². The van der Waals surface area contributed by atoms with E-state index in [1.807, 2.05) is 31.2 Å². The number of hydrogen-bond acceptors (Lipinski definition) is 5. The van der Waals surface area contributed by atoms with Crippen LogP contribution in [0.4, 0.5) is 10.5 Å². The Hall–Kier alpha value is -3.88. The lowest BCUT2D eigenvalue weighted by Crippen LogP contribution is -2.33. The van der Waals surface area contributed by atoms with Gasteiger partial charge >= 0.3 is 6.03 Å². The highest BCUT2D eigenvalue weighted by Crippen LogP contribution is 2.24. The molecule has 3 N–H and O–H groups in total. The third-order valence-electron chi connectivity index (χ3n) is 5.21. The molecule has 0 saturated carbocycles. The molecule has 4 amide bonds. The third-order valence-corrected chi connectivity index (χ3v) is 5.21. The van der Waals surface area contributed by atoms with Gasteiger partial charge in [-0.05, 0) is 49.7 Å². The summed E-state index contributed by atoms with van der Waals surface area (Å²) in [5.41, 5.74) is 2.18. The van der Waals surface area contributed by atoms with Gasteiger partial charge in [0.05, 0.1) is 29.9 Å². The van der Waals surface area contributed by atoms with E-state index >= 15 is 0 Å². The summed E-state index contributed by atoms with van der Waals surface area (Å²) in [4.78, 5) is 46.1. The Morgan fingerprint density at radius 2 is 1.94 bits per heavy atom. The highest BCUT2D eigenvalue weighted by Gasteiger charge is 2.39. The molecule has 1 fully saturated rings. The van der Waals surface area contributed by atoms with Crippen LogP contribution in [0, 0.1) is 0 Å². The quantitative estimate of drug-likeness (QED) is 0.507. The zero-order valence-corrected chi connectivity index (χ0v) is 17.2.